The zero-order chi connectivity index (χ0) is 16.0. The van der Waals surface area contributed by atoms with Crippen LogP contribution in [0.4, 0.5) is 5.82 Å². The van der Waals surface area contributed by atoms with Crippen LogP contribution in [0.15, 0.2) is 17.2 Å². The van der Waals surface area contributed by atoms with Crippen molar-refractivity contribution >= 4 is 39.2 Å². The van der Waals surface area contributed by atoms with Crippen LogP contribution < -0.4 is 5.32 Å². The van der Waals surface area contributed by atoms with Crippen LogP contribution >= 0.6 is 23.4 Å². The third-order valence-corrected chi connectivity index (χ3v) is 6.11. The Bertz CT molecular complexity index is 567. The molecule has 1 atom stereocenters. The highest BCUT2D eigenvalue weighted by Gasteiger charge is 2.26. The van der Waals surface area contributed by atoms with Gasteiger partial charge in [-0.3, -0.25) is 0 Å². The lowest BCUT2D eigenvalue weighted by atomic mass is 10.4. The Hall–Kier alpha value is -0.500. The third-order valence-electron chi connectivity index (χ3n) is 3.06. The van der Waals surface area contributed by atoms with Crippen LogP contribution in [0, 0.1) is 0 Å². The van der Waals surface area contributed by atoms with Crippen molar-refractivity contribution in [3.05, 3.63) is 17.3 Å². The van der Waals surface area contributed by atoms with Gasteiger partial charge in [0.1, 0.15) is 10.7 Å². The lowest BCUT2D eigenvalue weighted by molar-refractivity contribution is 0.415. The Labute approximate surface area is 136 Å². The number of anilines is 1. The summed E-state index contributed by atoms with van der Waals surface area (Å²) in [6.45, 7) is 4.64. The Kier molecular flexibility index (Phi) is 7.26. The molecule has 5 nitrogen and oxygen atoms in total. The number of sulfonamides is 1. The maximum absolute atomic E-state index is 12.5. The normalized spacial score (nSPS) is 13.4. The van der Waals surface area contributed by atoms with Gasteiger partial charge in [0.2, 0.25) is 10.0 Å². The van der Waals surface area contributed by atoms with Crippen LogP contribution in [0.1, 0.15) is 20.3 Å². The first-order valence-corrected chi connectivity index (χ1v) is 9.92. The fourth-order valence-electron chi connectivity index (χ4n) is 1.68. The monoisotopic (exact) mass is 351 g/mol. The number of hydrogen-bond acceptors (Lipinski definition) is 5. The molecule has 0 aliphatic heterocycles. The minimum absolute atomic E-state index is 0.0957. The van der Waals surface area contributed by atoms with Crippen LogP contribution in [0.2, 0.25) is 5.02 Å². The first kappa shape index (κ1) is 18.5. The van der Waals surface area contributed by atoms with Gasteiger partial charge in [0, 0.05) is 31.6 Å². The first-order valence-electron chi connectivity index (χ1n) is 6.71. The van der Waals surface area contributed by atoms with Crippen LogP contribution in [-0.4, -0.2) is 49.3 Å². The van der Waals surface area contributed by atoms with Crippen LogP contribution in [0.3, 0.4) is 0 Å². The van der Waals surface area contributed by atoms with E-state index < -0.39 is 10.0 Å². The second-order valence-corrected chi connectivity index (χ2v) is 8.07. The molecule has 1 unspecified atom stereocenters. The molecule has 0 aliphatic carbocycles. The molecule has 0 radical (unpaired) electrons. The average molecular weight is 352 g/mol. The molecule has 1 aromatic rings. The summed E-state index contributed by atoms with van der Waals surface area (Å²) < 4.78 is 26.4. The van der Waals surface area contributed by atoms with Crippen molar-refractivity contribution in [1.82, 2.24) is 9.29 Å². The van der Waals surface area contributed by atoms with Crippen LogP contribution in [0.25, 0.3) is 0 Å². The Morgan fingerprint density at radius 2 is 2.19 bits per heavy atom. The summed E-state index contributed by atoms with van der Waals surface area (Å²) in [6.07, 6.45) is 4.23. The molecule has 8 heteroatoms. The molecule has 0 fully saturated rings. The number of aromatic nitrogens is 1. The van der Waals surface area contributed by atoms with E-state index in [0.717, 1.165) is 18.7 Å². The maximum atomic E-state index is 12.5. The van der Waals surface area contributed by atoms with E-state index in [9.17, 15) is 8.42 Å². The van der Waals surface area contributed by atoms with Gasteiger partial charge in [-0.15, -0.1) is 0 Å². The largest absolute Gasteiger partial charge is 0.369 e. The van der Waals surface area contributed by atoms with Gasteiger partial charge < -0.3 is 5.32 Å². The van der Waals surface area contributed by atoms with Crippen molar-refractivity contribution in [2.45, 2.75) is 31.2 Å². The van der Waals surface area contributed by atoms with Gasteiger partial charge in [-0.2, -0.15) is 16.1 Å². The maximum Gasteiger partial charge on any atom is 0.244 e. The van der Waals surface area contributed by atoms with Gasteiger partial charge in [0.05, 0.1) is 5.02 Å². The Balaban J connectivity index is 3.01. The molecule has 0 saturated heterocycles. The summed E-state index contributed by atoms with van der Waals surface area (Å²) in [7, 11) is -2.00. The molecular weight excluding hydrogens is 330 g/mol. The quantitative estimate of drug-likeness (QED) is 0.780. The van der Waals surface area contributed by atoms with Crippen LogP contribution in [0.5, 0.6) is 0 Å². The lowest BCUT2D eigenvalue weighted by Gasteiger charge is -2.23. The van der Waals surface area contributed by atoms with E-state index in [0.29, 0.717) is 10.8 Å². The van der Waals surface area contributed by atoms with E-state index in [2.05, 4.69) is 10.3 Å². The van der Waals surface area contributed by atoms with Crippen LogP contribution in [-0.2, 0) is 10.0 Å². The number of hydrogen-bond donors (Lipinski definition) is 1. The van der Waals surface area contributed by atoms with E-state index in [4.69, 9.17) is 11.6 Å². The standard InChI is InChI=1S/C13H22ClN3O2S2/c1-5-6-15-13-12(14)7-11(8-16-13)21(18,19)17(3)10(2)9-20-4/h7-8,10H,5-6,9H2,1-4H3,(H,15,16). The summed E-state index contributed by atoms with van der Waals surface area (Å²) in [5.41, 5.74) is 0. The number of pyridine rings is 1. The molecule has 1 N–H and O–H groups in total. The minimum atomic E-state index is -3.57. The summed E-state index contributed by atoms with van der Waals surface area (Å²) in [5, 5.41) is 3.37. The summed E-state index contributed by atoms with van der Waals surface area (Å²) in [5.74, 6) is 1.24. The smallest absolute Gasteiger partial charge is 0.244 e. The average Bonchev–Trinajstić information content (AvgIpc) is 2.45. The number of thioether (sulfide) groups is 1. The molecule has 21 heavy (non-hydrogen) atoms. The Morgan fingerprint density at radius 1 is 1.52 bits per heavy atom. The van der Waals surface area contributed by atoms with E-state index in [1.165, 1.54) is 16.6 Å². The molecule has 120 valence electrons. The van der Waals surface area contributed by atoms with Gasteiger partial charge in [0.25, 0.3) is 0 Å². The second-order valence-electron chi connectivity index (χ2n) is 4.75. The summed E-state index contributed by atoms with van der Waals surface area (Å²) in [6, 6.07) is 1.35. The van der Waals surface area contributed by atoms with Gasteiger partial charge in [0.15, 0.2) is 0 Å². The van der Waals surface area contributed by atoms with Gasteiger partial charge in [-0.25, -0.2) is 13.4 Å². The second kappa shape index (κ2) is 8.22. The van der Waals surface area contributed by atoms with Crippen molar-refractivity contribution in [2.24, 2.45) is 0 Å². The van der Waals surface area contributed by atoms with Crippen molar-refractivity contribution in [1.29, 1.82) is 0 Å². The van der Waals surface area contributed by atoms with E-state index >= 15 is 0 Å². The molecule has 0 bridgehead atoms. The molecule has 0 amide bonds. The fourth-order valence-corrected chi connectivity index (χ4v) is 4.12. The molecule has 0 spiro atoms. The van der Waals surface area contributed by atoms with E-state index in [1.54, 1.807) is 18.8 Å². The Morgan fingerprint density at radius 3 is 2.71 bits per heavy atom. The number of halogens is 1. The topological polar surface area (TPSA) is 62.3 Å². The van der Waals surface area contributed by atoms with E-state index in [1.807, 2.05) is 20.1 Å². The molecule has 0 aliphatic rings. The molecule has 1 rings (SSSR count). The van der Waals surface area contributed by atoms with Crippen molar-refractivity contribution in [3.63, 3.8) is 0 Å². The summed E-state index contributed by atoms with van der Waals surface area (Å²) in [4.78, 5) is 4.23. The third kappa shape index (κ3) is 4.74. The number of nitrogens with one attached hydrogen (secondary N) is 1. The predicted molar refractivity (Wildman–Crippen MR) is 90.8 cm³/mol. The number of rotatable bonds is 8. The van der Waals surface area contributed by atoms with Crippen molar-refractivity contribution < 1.29 is 8.42 Å². The van der Waals surface area contributed by atoms with Gasteiger partial charge in [-0.1, -0.05) is 18.5 Å². The molecule has 0 aromatic carbocycles. The minimum Gasteiger partial charge on any atom is -0.369 e. The molecule has 1 heterocycles. The highest BCUT2D eigenvalue weighted by atomic mass is 35.5. The van der Waals surface area contributed by atoms with Crippen molar-refractivity contribution in [2.75, 3.05) is 30.9 Å². The lowest BCUT2D eigenvalue weighted by Crippen LogP contribution is -2.36. The molecule has 0 saturated carbocycles. The highest BCUT2D eigenvalue weighted by Crippen LogP contribution is 2.25. The predicted octanol–water partition coefficient (Wildman–Crippen LogP) is 2.93. The zero-order valence-corrected chi connectivity index (χ0v) is 15.1. The highest BCUT2D eigenvalue weighted by molar-refractivity contribution is 7.98. The summed E-state index contributed by atoms with van der Waals surface area (Å²) >= 11 is 7.71. The zero-order valence-electron chi connectivity index (χ0n) is 12.8. The SMILES string of the molecule is CCCNc1ncc(S(=O)(=O)N(C)C(C)CSC)cc1Cl. The fraction of sp³-hybridized carbons (Fsp3) is 0.615. The molecular formula is C13H22ClN3O2S2. The first-order chi connectivity index (χ1) is 9.84. The van der Waals surface area contributed by atoms with Crippen molar-refractivity contribution in [3.8, 4) is 0 Å². The molecule has 1 aromatic heterocycles. The van der Waals surface area contributed by atoms with Gasteiger partial charge >= 0.3 is 0 Å². The van der Waals surface area contributed by atoms with E-state index in [-0.39, 0.29) is 10.9 Å². The number of nitrogens with zero attached hydrogens (tertiary/aromatic N) is 2. The van der Waals surface area contributed by atoms with Gasteiger partial charge in [-0.05, 0) is 25.7 Å².